The van der Waals surface area contributed by atoms with E-state index in [2.05, 4.69) is 50.3 Å². The highest BCUT2D eigenvalue weighted by atomic mass is 31.2. The highest BCUT2D eigenvalue weighted by Gasteiger charge is 2.26. The lowest BCUT2D eigenvalue weighted by Crippen LogP contribution is -2.29. The summed E-state index contributed by atoms with van der Waals surface area (Å²) in [5, 5.41) is 18.4. The van der Waals surface area contributed by atoms with E-state index < -0.39 is 39.2 Å². The fourth-order valence-corrected chi connectivity index (χ4v) is 7.34. The average Bonchev–Trinajstić information content (AvgIpc) is 3.20. The van der Waals surface area contributed by atoms with E-state index in [0.29, 0.717) is 13.0 Å². The van der Waals surface area contributed by atoms with E-state index in [1.54, 1.807) is 0 Å². The Balaban J connectivity index is 4.08. The molecule has 10 heteroatoms. The van der Waals surface area contributed by atoms with E-state index in [4.69, 9.17) is 23.6 Å². The van der Waals surface area contributed by atoms with Crippen LogP contribution >= 0.6 is 7.82 Å². The third kappa shape index (κ3) is 44.1. The van der Waals surface area contributed by atoms with E-state index in [-0.39, 0.29) is 19.6 Å². The number of unbranched alkanes of at least 4 members (excludes halogenated alkanes) is 25. The first kappa shape index (κ1) is 55.7. The van der Waals surface area contributed by atoms with Gasteiger partial charge in [-0.05, 0) is 44.9 Å². The van der Waals surface area contributed by atoms with Crippen molar-refractivity contribution in [3.05, 3.63) is 36.5 Å². The highest BCUT2D eigenvalue weighted by Crippen LogP contribution is 2.43. The Bertz CT molecular complexity index is 986. The quantitative estimate of drug-likeness (QED) is 0.0237. The number of hydrogen-bond donors (Lipinski definition) is 3. The molecule has 57 heavy (non-hydrogen) atoms. The summed E-state index contributed by atoms with van der Waals surface area (Å²) in [5.74, 6) is -0.396. The summed E-state index contributed by atoms with van der Waals surface area (Å²) in [6.07, 6.45) is 48.3. The van der Waals surface area contributed by atoms with Gasteiger partial charge in [0, 0.05) is 13.0 Å². The van der Waals surface area contributed by atoms with E-state index >= 15 is 0 Å². The predicted molar refractivity (Wildman–Crippen MR) is 237 cm³/mol. The molecule has 0 aromatic carbocycles. The monoisotopic (exact) mass is 829 g/mol. The van der Waals surface area contributed by atoms with Crippen LogP contribution in [0.25, 0.3) is 0 Å². The van der Waals surface area contributed by atoms with Crippen LogP contribution in [-0.2, 0) is 27.9 Å². The van der Waals surface area contributed by atoms with Crippen LogP contribution in [0.1, 0.15) is 213 Å². The van der Waals surface area contributed by atoms with Gasteiger partial charge in [-0.25, -0.2) is 4.57 Å². The molecule has 0 radical (unpaired) electrons. The fraction of sp³-hybridized carbons (Fsp3) is 0.851. The zero-order valence-corrected chi connectivity index (χ0v) is 37.7. The number of carbonyl (C=O) groups is 1. The van der Waals surface area contributed by atoms with Gasteiger partial charge in [0.1, 0.15) is 12.2 Å². The molecule has 3 atom stereocenters. The van der Waals surface area contributed by atoms with Crippen molar-refractivity contribution in [2.75, 3.05) is 33.0 Å². The molecule has 0 aromatic heterocycles. The molecule has 0 rings (SSSR count). The zero-order chi connectivity index (χ0) is 41.8. The Hall–Kier alpha value is -1.32. The number of phosphoric acid groups is 1. The van der Waals surface area contributed by atoms with Crippen LogP contribution in [0.5, 0.6) is 0 Å². The summed E-state index contributed by atoms with van der Waals surface area (Å²) in [4.78, 5) is 22.6. The van der Waals surface area contributed by atoms with Crippen LogP contribution in [0.15, 0.2) is 36.5 Å². The summed E-state index contributed by atoms with van der Waals surface area (Å²) in [6, 6.07) is 0. The number of aliphatic hydroxyl groups is 2. The second-order valence-corrected chi connectivity index (χ2v) is 17.2. The molecule has 0 fully saturated rings. The smallest absolute Gasteiger partial charge is 0.457 e. The molecular weight excluding hydrogens is 739 g/mol. The number of phosphoric ester groups is 1. The van der Waals surface area contributed by atoms with Crippen LogP contribution in [-0.4, -0.2) is 66.3 Å². The molecule has 0 heterocycles. The van der Waals surface area contributed by atoms with Crippen molar-refractivity contribution in [3.8, 4) is 0 Å². The molecule has 0 aliphatic rings. The summed E-state index contributed by atoms with van der Waals surface area (Å²) >= 11 is 0. The molecule has 0 aliphatic heterocycles. The molecule has 0 bridgehead atoms. The molecule has 336 valence electrons. The summed E-state index contributed by atoms with van der Waals surface area (Å²) < 4.78 is 33.4. The van der Waals surface area contributed by atoms with Gasteiger partial charge in [-0.2, -0.15) is 0 Å². The lowest BCUT2D eigenvalue weighted by Gasteiger charge is -2.20. The Morgan fingerprint density at radius 2 is 1.00 bits per heavy atom. The molecule has 9 nitrogen and oxygen atoms in total. The first-order valence-corrected chi connectivity index (χ1v) is 25.0. The number of hydrogen-bond acceptors (Lipinski definition) is 8. The minimum absolute atomic E-state index is 0.0451. The molecule has 0 saturated carbocycles. The first-order valence-electron chi connectivity index (χ1n) is 23.5. The number of allylic oxidation sites excluding steroid dienone is 6. The molecule has 3 unspecified atom stereocenters. The van der Waals surface area contributed by atoms with E-state index in [1.165, 1.54) is 122 Å². The van der Waals surface area contributed by atoms with Gasteiger partial charge in [-0.1, -0.05) is 198 Å². The SMILES string of the molecule is CC/C=C\C/C=C\C/C=C\CCCCCCCC(=O)OC(COCCCCCCCCCCCCCCCCCCCCCCC)COP(=O)(O)OCC(O)CO. The van der Waals surface area contributed by atoms with Gasteiger partial charge in [0.15, 0.2) is 0 Å². The second kappa shape index (κ2) is 44.2. The predicted octanol–water partition coefficient (Wildman–Crippen LogP) is 13.2. The van der Waals surface area contributed by atoms with Gasteiger partial charge in [0.25, 0.3) is 0 Å². The van der Waals surface area contributed by atoms with Crippen molar-refractivity contribution >= 4 is 13.8 Å². The fourth-order valence-electron chi connectivity index (χ4n) is 6.55. The summed E-state index contributed by atoms with van der Waals surface area (Å²) in [5.41, 5.74) is 0. The van der Waals surface area contributed by atoms with Crippen molar-refractivity contribution in [3.63, 3.8) is 0 Å². The van der Waals surface area contributed by atoms with Gasteiger partial charge in [-0.3, -0.25) is 13.8 Å². The molecule has 0 aliphatic carbocycles. The number of ether oxygens (including phenoxy) is 2. The van der Waals surface area contributed by atoms with Crippen LogP contribution in [0.4, 0.5) is 0 Å². The van der Waals surface area contributed by atoms with Gasteiger partial charge in [-0.15, -0.1) is 0 Å². The lowest BCUT2D eigenvalue weighted by atomic mass is 10.0. The van der Waals surface area contributed by atoms with Crippen molar-refractivity contribution in [1.29, 1.82) is 0 Å². The molecule has 0 aromatic rings. The van der Waals surface area contributed by atoms with E-state index in [9.17, 15) is 19.4 Å². The number of aliphatic hydroxyl groups excluding tert-OH is 2. The largest absolute Gasteiger partial charge is 0.472 e. The van der Waals surface area contributed by atoms with Crippen LogP contribution in [0.2, 0.25) is 0 Å². The Labute approximate surface area is 350 Å². The molecule has 0 spiro atoms. The maximum atomic E-state index is 12.6. The number of carbonyl (C=O) groups excluding carboxylic acids is 1. The Morgan fingerprint density at radius 1 is 0.561 bits per heavy atom. The second-order valence-electron chi connectivity index (χ2n) is 15.8. The Morgan fingerprint density at radius 3 is 1.51 bits per heavy atom. The summed E-state index contributed by atoms with van der Waals surface area (Å²) in [6.45, 7) is 3.42. The lowest BCUT2D eigenvalue weighted by molar-refractivity contribution is -0.154. The van der Waals surface area contributed by atoms with E-state index in [0.717, 1.165) is 64.2 Å². The maximum absolute atomic E-state index is 12.6. The molecular formula is C47H89O9P. The van der Waals surface area contributed by atoms with Gasteiger partial charge < -0.3 is 24.6 Å². The standard InChI is InChI=1S/C47H89O9P/c1-3-5-7-9-11-13-15-17-19-20-21-22-23-24-26-28-30-32-34-36-38-40-53-43-46(44-55-57(51,52)54-42-45(49)41-48)56-47(50)39-37-35-33-31-29-27-25-18-16-14-12-10-8-6-4-2/h6,8,12,14,18,25,45-46,48-49H,3-5,7,9-11,13,15-17,19-24,26-44H2,1-2H3,(H,51,52)/b8-6-,14-12-,25-18-. The third-order valence-corrected chi connectivity index (χ3v) is 11.0. The maximum Gasteiger partial charge on any atom is 0.472 e. The third-order valence-electron chi connectivity index (χ3n) is 10.1. The van der Waals surface area contributed by atoms with E-state index in [1.807, 2.05) is 0 Å². The number of esters is 1. The zero-order valence-electron chi connectivity index (χ0n) is 36.8. The van der Waals surface area contributed by atoms with Crippen molar-refractivity contribution in [1.82, 2.24) is 0 Å². The van der Waals surface area contributed by atoms with Gasteiger partial charge >= 0.3 is 13.8 Å². The van der Waals surface area contributed by atoms with Crippen LogP contribution < -0.4 is 0 Å². The van der Waals surface area contributed by atoms with Crippen LogP contribution in [0, 0.1) is 0 Å². The minimum atomic E-state index is -4.52. The molecule has 3 N–H and O–H groups in total. The topological polar surface area (TPSA) is 132 Å². The highest BCUT2D eigenvalue weighted by molar-refractivity contribution is 7.47. The normalized spacial score (nSPS) is 14.3. The average molecular weight is 829 g/mol. The van der Waals surface area contributed by atoms with Crippen LogP contribution in [0.3, 0.4) is 0 Å². The van der Waals surface area contributed by atoms with Crippen molar-refractivity contribution in [2.45, 2.75) is 225 Å². The minimum Gasteiger partial charge on any atom is -0.457 e. The van der Waals surface area contributed by atoms with Crippen molar-refractivity contribution < 1.29 is 43.0 Å². The van der Waals surface area contributed by atoms with Gasteiger partial charge in [0.05, 0.1) is 26.4 Å². The molecule has 0 amide bonds. The van der Waals surface area contributed by atoms with Gasteiger partial charge in [0.2, 0.25) is 0 Å². The first-order chi connectivity index (χ1) is 27.8. The number of rotatable bonds is 45. The van der Waals surface area contributed by atoms with Crippen molar-refractivity contribution in [2.24, 2.45) is 0 Å². The molecule has 0 saturated heterocycles. The summed E-state index contributed by atoms with van der Waals surface area (Å²) in [7, 11) is -4.52. The Kier molecular flexibility index (Phi) is 43.2.